The first-order valence-electron chi connectivity index (χ1n) is 6.18. The molecule has 1 aliphatic rings. The first-order chi connectivity index (χ1) is 8.42. The van der Waals surface area contributed by atoms with Gasteiger partial charge in [-0.2, -0.15) is 5.10 Å². The maximum Gasteiger partial charge on any atom is 0.222 e. The van der Waals surface area contributed by atoms with E-state index in [1.54, 1.807) is 0 Å². The Morgan fingerprint density at radius 2 is 1.94 bits per heavy atom. The molecule has 2 aromatic rings. The molecule has 2 N–H and O–H groups in total. The van der Waals surface area contributed by atoms with E-state index in [4.69, 9.17) is 0 Å². The predicted octanol–water partition coefficient (Wildman–Crippen LogP) is 3.29. The molecule has 1 fully saturated rings. The van der Waals surface area contributed by atoms with Crippen molar-refractivity contribution in [3.8, 4) is 0 Å². The Balaban J connectivity index is 1.76. The molecular formula is C13H16N4. The Hall–Kier alpha value is -1.84. The van der Waals surface area contributed by atoms with Gasteiger partial charge in [-0.05, 0) is 37.8 Å². The summed E-state index contributed by atoms with van der Waals surface area (Å²) < 4.78 is 0. The number of hydrogen-bond donors (Lipinski definition) is 2. The topological polar surface area (TPSA) is 53.1 Å². The maximum absolute atomic E-state index is 4.42. The minimum Gasteiger partial charge on any atom is -0.323 e. The molecule has 1 heterocycles. The fraction of sp³-hybridized carbons (Fsp3) is 0.385. The van der Waals surface area contributed by atoms with E-state index in [1.807, 2.05) is 24.3 Å². The van der Waals surface area contributed by atoms with Gasteiger partial charge in [0.2, 0.25) is 5.95 Å². The number of benzene rings is 1. The Morgan fingerprint density at radius 1 is 1.12 bits per heavy atom. The number of para-hydroxylation sites is 2. The Bertz CT molecular complexity index is 500. The zero-order valence-electron chi connectivity index (χ0n) is 9.74. The second-order valence-corrected chi connectivity index (χ2v) is 4.45. The highest BCUT2D eigenvalue weighted by molar-refractivity contribution is 5.85. The molecule has 4 nitrogen and oxygen atoms in total. The van der Waals surface area contributed by atoms with Crippen molar-refractivity contribution in [2.24, 2.45) is 5.10 Å². The maximum atomic E-state index is 4.42. The molecule has 0 atom stereocenters. The molecule has 0 amide bonds. The number of aromatic amines is 1. The smallest absolute Gasteiger partial charge is 0.222 e. The predicted molar refractivity (Wildman–Crippen MR) is 70.2 cm³/mol. The lowest BCUT2D eigenvalue weighted by Gasteiger charge is -2.11. The van der Waals surface area contributed by atoms with Crippen LogP contribution in [0.15, 0.2) is 29.4 Å². The van der Waals surface area contributed by atoms with Crippen LogP contribution in [0, 0.1) is 0 Å². The van der Waals surface area contributed by atoms with Crippen molar-refractivity contribution in [1.29, 1.82) is 0 Å². The van der Waals surface area contributed by atoms with E-state index < -0.39 is 0 Å². The van der Waals surface area contributed by atoms with Crippen LogP contribution in [0.1, 0.15) is 32.1 Å². The van der Waals surface area contributed by atoms with Gasteiger partial charge < -0.3 is 4.98 Å². The van der Waals surface area contributed by atoms with Crippen LogP contribution >= 0.6 is 0 Å². The van der Waals surface area contributed by atoms with Gasteiger partial charge in [-0.3, -0.25) is 0 Å². The molecule has 1 aliphatic carbocycles. The average molecular weight is 228 g/mol. The summed E-state index contributed by atoms with van der Waals surface area (Å²) in [6.45, 7) is 0. The lowest BCUT2D eigenvalue weighted by molar-refractivity contribution is 0.665. The van der Waals surface area contributed by atoms with Gasteiger partial charge >= 0.3 is 0 Å². The van der Waals surface area contributed by atoms with E-state index in [2.05, 4.69) is 20.5 Å². The fourth-order valence-corrected chi connectivity index (χ4v) is 2.21. The normalized spacial score (nSPS) is 16.1. The van der Waals surface area contributed by atoms with Crippen molar-refractivity contribution in [2.75, 3.05) is 5.43 Å². The van der Waals surface area contributed by atoms with Crippen LogP contribution < -0.4 is 5.43 Å². The van der Waals surface area contributed by atoms with Crippen LogP contribution in [0.2, 0.25) is 0 Å². The molecule has 1 aromatic carbocycles. The summed E-state index contributed by atoms with van der Waals surface area (Å²) >= 11 is 0. The van der Waals surface area contributed by atoms with Crippen LogP contribution in [0.3, 0.4) is 0 Å². The van der Waals surface area contributed by atoms with E-state index in [9.17, 15) is 0 Å². The molecule has 1 saturated carbocycles. The summed E-state index contributed by atoms with van der Waals surface area (Å²) in [5.74, 6) is 0.726. The molecule has 0 bridgehead atoms. The number of hydrogen-bond acceptors (Lipinski definition) is 3. The Morgan fingerprint density at radius 3 is 2.76 bits per heavy atom. The number of rotatable bonds is 2. The van der Waals surface area contributed by atoms with Crippen molar-refractivity contribution in [2.45, 2.75) is 32.1 Å². The molecule has 3 rings (SSSR count). The highest BCUT2D eigenvalue weighted by atomic mass is 15.4. The van der Waals surface area contributed by atoms with Crippen molar-refractivity contribution in [3.63, 3.8) is 0 Å². The Kier molecular flexibility index (Phi) is 2.78. The zero-order chi connectivity index (χ0) is 11.5. The lowest BCUT2D eigenvalue weighted by atomic mass is 9.99. The van der Waals surface area contributed by atoms with Gasteiger partial charge in [0.1, 0.15) is 0 Å². The number of anilines is 1. The molecule has 4 heteroatoms. The number of H-pyrrole nitrogens is 1. The summed E-state index contributed by atoms with van der Waals surface area (Å²) in [6.07, 6.45) is 6.10. The molecule has 88 valence electrons. The number of aromatic nitrogens is 2. The van der Waals surface area contributed by atoms with Crippen molar-refractivity contribution in [1.82, 2.24) is 9.97 Å². The van der Waals surface area contributed by atoms with E-state index in [1.165, 1.54) is 25.0 Å². The number of nitrogens with one attached hydrogen (secondary N) is 2. The molecule has 0 spiro atoms. The van der Waals surface area contributed by atoms with Crippen LogP contribution in [0.25, 0.3) is 11.0 Å². The van der Waals surface area contributed by atoms with E-state index >= 15 is 0 Å². The molecule has 0 saturated heterocycles. The van der Waals surface area contributed by atoms with E-state index in [-0.39, 0.29) is 0 Å². The van der Waals surface area contributed by atoms with Crippen molar-refractivity contribution < 1.29 is 0 Å². The summed E-state index contributed by atoms with van der Waals surface area (Å²) in [5, 5.41) is 4.42. The van der Waals surface area contributed by atoms with Gasteiger partial charge in [-0.1, -0.05) is 18.6 Å². The molecular weight excluding hydrogens is 212 g/mol. The minimum absolute atomic E-state index is 0.726. The summed E-state index contributed by atoms with van der Waals surface area (Å²) in [4.78, 5) is 7.63. The van der Waals surface area contributed by atoms with Crippen molar-refractivity contribution in [3.05, 3.63) is 24.3 Å². The number of nitrogens with zero attached hydrogens (tertiary/aromatic N) is 2. The lowest BCUT2D eigenvalue weighted by Crippen LogP contribution is -2.07. The van der Waals surface area contributed by atoms with E-state index in [0.717, 1.165) is 29.8 Å². The second kappa shape index (κ2) is 4.57. The van der Waals surface area contributed by atoms with Gasteiger partial charge in [0.15, 0.2) is 0 Å². The monoisotopic (exact) mass is 228 g/mol. The fourth-order valence-electron chi connectivity index (χ4n) is 2.21. The first-order valence-corrected chi connectivity index (χ1v) is 6.18. The molecule has 0 aliphatic heterocycles. The highest BCUT2D eigenvalue weighted by Crippen LogP contribution is 2.16. The summed E-state index contributed by atoms with van der Waals surface area (Å²) in [6, 6.07) is 7.99. The quantitative estimate of drug-likeness (QED) is 0.775. The van der Waals surface area contributed by atoms with Gasteiger partial charge in [-0.15, -0.1) is 0 Å². The standard InChI is InChI=1S/C13H16N4/c1-2-6-10(7-3-1)16-17-13-14-11-8-4-5-9-12(11)15-13/h4-5,8-9H,1-3,6-7H2,(H2,14,15,17). The zero-order valence-corrected chi connectivity index (χ0v) is 9.74. The molecule has 17 heavy (non-hydrogen) atoms. The Labute approximate surface area is 100 Å². The SMILES string of the molecule is c1ccc2[nH]c(NN=C3CCCCC3)nc2c1. The largest absolute Gasteiger partial charge is 0.323 e. The molecule has 1 aromatic heterocycles. The van der Waals surface area contributed by atoms with Gasteiger partial charge in [0.25, 0.3) is 0 Å². The average Bonchev–Trinajstić information content (AvgIpc) is 2.80. The first kappa shape index (κ1) is 10.3. The second-order valence-electron chi connectivity index (χ2n) is 4.45. The number of hydrazone groups is 1. The highest BCUT2D eigenvalue weighted by Gasteiger charge is 2.07. The minimum atomic E-state index is 0.726. The van der Waals surface area contributed by atoms with Gasteiger partial charge in [0.05, 0.1) is 11.0 Å². The van der Waals surface area contributed by atoms with Crippen LogP contribution in [0.5, 0.6) is 0 Å². The van der Waals surface area contributed by atoms with Crippen molar-refractivity contribution >= 4 is 22.7 Å². The summed E-state index contributed by atoms with van der Waals surface area (Å²) in [7, 11) is 0. The van der Waals surface area contributed by atoms with Crippen LogP contribution in [-0.2, 0) is 0 Å². The molecule has 0 radical (unpaired) electrons. The number of imidazole rings is 1. The third-order valence-electron chi connectivity index (χ3n) is 3.14. The van der Waals surface area contributed by atoms with E-state index in [0.29, 0.717) is 0 Å². The third kappa shape index (κ3) is 2.30. The van der Waals surface area contributed by atoms with Gasteiger partial charge in [0, 0.05) is 5.71 Å². The summed E-state index contributed by atoms with van der Waals surface area (Å²) in [5.41, 5.74) is 6.30. The van der Waals surface area contributed by atoms with Gasteiger partial charge in [-0.25, -0.2) is 10.4 Å². The number of fused-ring (bicyclic) bond motifs is 1. The van der Waals surface area contributed by atoms with Crippen LogP contribution in [-0.4, -0.2) is 15.7 Å². The third-order valence-corrected chi connectivity index (χ3v) is 3.14. The molecule has 0 unspecified atom stereocenters. The van der Waals surface area contributed by atoms with Crippen LogP contribution in [0.4, 0.5) is 5.95 Å².